The summed E-state index contributed by atoms with van der Waals surface area (Å²) in [6.07, 6.45) is 1.48. The van der Waals surface area contributed by atoms with E-state index in [9.17, 15) is 5.11 Å². The second-order valence-electron chi connectivity index (χ2n) is 4.18. The van der Waals surface area contributed by atoms with Gasteiger partial charge in [0.25, 0.3) is 0 Å². The summed E-state index contributed by atoms with van der Waals surface area (Å²) >= 11 is 0. The third-order valence-corrected chi connectivity index (χ3v) is 2.26. The molecule has 5 heteroatoms. The maximum absolute atomic E-state index is 9.17. The summed E-state index contributed by atoms with van der Waals surface area (Å²) in [6.45, 7) is 7.38. The number of nitrogens with one attached hydrogen (secondary N) is 2. The van der Waals surface area contributed by atoms with E-state index >= 15 is 0 Å². The minimum absolute atomic E-state index is 0.289. The molecule has 5 nitrogen and oxygen atoms in total. The second kappa shape index (κ2) is 7.06. The number of nitrogens with zero attached hydrogens (tertiary/aromatic N) is 2. The summed E-state index contributed by atoms with van der Waals surface area (Å²) in [5, 5.41) is 15.6. The van der Waals surface area contributed by atoms with E-state index in [1.807, 2.05) is 13.0 Å². The number of rotatable bonds is 7. The molecular weight excluding hydrogens is 216 g/mol. The smallest absolute Gasteiger partial charge is 0.131 e. The quantitative estimate of drug-likeness (QED) is 0.675. The van der Waals surface area contributed by atoms with Crippen molar-refractivity contribution in [1.82, 2.24) is 9.97 Å². The molecule has 0 saturated carbocycles. The highest BCUT2D eigenvalue weighted by Crippen LogP contribution is 2.11. The Morgan fingerprint density at radius 1 is 1.24 bits per heavy atom. The molecule has 0 saturated heterocycles. The Morgan fingerprint density at radius 3 is 2.35 bits per heavy atom. The Morgan fingerprint density at radius 2 is 1.82 bits per heavy atom. The van der Waals surface area contributed by atoms with Crippen molar-refractivity contribution < 1.29 is 5.11 Å². The minimum Gasteiger partial charge on any atom is -0.393 e. The fourth-order valence-corrected chi connectivity index (χ4v) is 1.41. The molecule has 0 radical (unpaired) electrons. The molecule has 0 fully saturated rings. The van der Waals surface area contributed by atoms with Crippen LogP contribution in [0.25, 0.3) is 0 Å². The van der Waals surface area contributed by atoms with Gasteiger partial charge in [0.2, 0.25) is 0 Å². The number of aliphatic hydroxyl groups is 1. The second-order valence-corrected chi connectivity index (χ2v) is 4.18. The van der Waals surface area contributed by atoms with Gasteiger partial charge in [0.05, 0.1) is 6.10 Å². The number of aryl methyl sites for hydroxylation is 1. The van der Waals surface area contributed by atoms with Crippen LogP contribution < -0.4 is 10.6 Å². The van der Waals surface area contributed by atoms with Gasteiger partial charge in [-0.15, -0.1) is 0 Å². The topological polar surface area (TPSA) is 70.1 Å². The van der Waals surface area contributed by atoms with Crippen molar-refractivity contribution in [2.45, 2.75) is 39.7 Å². The van der Waals surface area contributed by atoms with Crippen molar-refractivity contribution in [3.05, 3.63) is 11.9 Å². The van der Waals surface area contributed by atoms with Crippen LogP contribution >= 0.6 is 0 Å². The molecule has 1 heterocycles. The van der Waals surface area contributed by atoms with Crippen LogP contribution in [0.3, 0.4) is 0 Å². The molecule has 1 aromatic rings. The lowest BCUT2D eigenvalue weighted by Crippen LogP contribution is -2.12. The molecule has 0 spiro atoms. The lowest BCUT2D eigenvalue weighted by molar-refractivity contribution is 0.188. The summed E-state index contributed by atoms with van der Waals surface area (Å²) in [7, 11) is 0. The number of hydrogen-bond donors (Lipinski definition) is 3. The van der Waals surface area contributed by atoms with Gasteiger partial charge >= 0.3 is 0 Å². The highest BCUT2D eigenvalue weighted by Gasteiger charge is 2.01. The number of anilines is 2. The number of hydrogen-bond acceptors (Lipinski definition) is 5. The lowest BCUT2D eigenvalue weighted by Gasteiger charge is -2.10. The fourth-order valence-electron chi connectivity index (χ4n) is 1.41. The third-order valence-electron chi connectivity index (χ3n) is 2.26. The molecule has 0 aromatic carbocycles. The van der Waals surface area contributed by atoms with E-state index in [1.54, 1.807) is 6.92 Å². The van der Waals surface area contributed by atoms with Crippen molar-refractivity contribution in [3.8, 4) is 0 Å². The highest BCUT2D eigenvalue weighted by molar-refractivity contribution is 5.47. The van der Waals surface area contributed by atoms with E-state index in [4.69, 9.17) is 0 Å². The normalized spacial score (nSPS) is 12.2. The van der Waals surface area contributed by atoms with Crippen molar-refractivity contribution >= 4 is 11.6 Å². The van der Waals surface area contributed by atoms with E-state index in [0.29, 0.717) is 13.0 Å². The first-order valence-electron chi connectivity index (χ1n) is 6.13. The lowest BCUT2D eigenvalue weighted by atomic mass is 10.3. The van der Waals surface area contributed by atoms with Crippen LogP contribution in [0.2, 0.25) is 0 Å². The Kier molecular flexibility index (Phi) is 5.69. The van der Waals surface area contributed by atoms with Gasteiger partial charge in [0, 0.05) is 19.2 Å². The zero-order chi connectivity index (χ0) is 12.7. The molecule has 0 aliphatic rings. The number of aromatic nitrogens is 2. The van der Waals surface area contributed by atoms with Gasteiger partial charge in [-0.05, 0) is 26.7 Å². The Labute approximate surface area is 103 Å². The van der Waals surface area contributed by atoms with Gasteiger partial charge in [-0.2, -0.15) is 0 Å². The molecule has 0 bridgehead atoms. The molecule has 0 aliphatic carbocycles. The van der Waals surface area contributed by atoms with Gasteiger partial charge in [0.1, 0.15) is 17.5 Å². The van der Waals surface area contributed by atoms with Crippen molar-refractivity contribution in [2.75, 3.05) is 23.7 Å². The highest BCUT2D eigenvalue weighted by atomic mass is 16.3. The van der Waals surface area contributed by atoms with Gasteiger partial charge < -0.3 is 15.7 Å². The summed E-state index contributed by atoms with van der Waals surface area (Å²) in [4.78, 5) is 8.60. The maximum atomic E-state index is 9.17. The molecule has 1 unspecified atom stereocenters. The number of aliphatic hydroxyl groups excluding tert-OH is 1. The molecule has 0 amide bonds. The average molecular weight is 238 g/mol. The van der Waals surface area contributed by atoms with E-state index in [1.165, 1.54) is 0 Å². The molecule has 3 N–H and O–H groups in total. The molecule has 1 aromatic heterocycles. The van der Waals surface area contributed by atoms with Crippen LogP contribution in [0.4, 0.5) is 11.6 Å². The Balaban J connectivity index is 2.55. The summed E-state index contributed by atoms with van der Waals surface area (Å²) in [6, 6.07) is 1.89. The molecule has 1 rings (SSSR count). The predicted molar refractivity (Wildman–Crippen MR) is 70.3 cm³/mol. The van der Waals surface area contributed by atoms with Crippen molar-refractivity contribution in [2.24, 2.45) is 0 Å². The molecule has 0 aliphatic heterocycles. The van der Waals surface area contributed by atoms with Crippen LogP contribution in [0.1, 0.15) is 32.5 Å². The zero-order valence-electron chi connectivity index (χ0n) is 10.8. The van der Waals surface area contributed by atoms with Crippen LogP contribution in [-0.4, -0.2) is 34.3 Å². The summed E-state index contributed by atoms with van der Waals surface area (Å²) in [5.74, 6) is 2.39. The minimum atomic E-state index is -0.289. The predicted octanol–water partition coefficient (Wildman–Crippen LogP) is 1.79. The first-order chi connectivity index (χ1) is 8.11. The zero-order valence-corrected chi connectivity index (χ0v) is 10.8. The molecule has 17 heavy (non-hydrogen) atoms. The standard InChI is InChI=1S/C12H22N4O/c1-4-6-13-11-8-12(16-10(3)15-11)14-7-5-9(2)17/h8-9,17H,4-7H2,1-3H3,(H2,13,14,15,16). The van der Waals surface area contributed by atoms with Gasteiger partial charge in [0.15, 0.2) is 0 Å². The van der Waals surface area contributed by atoms with Crippen molar-refractivity contribution in [1.29, 1.82) is 0 Å². The largest absolute Gasteiger partial charge is 0.393 e. The first-order valence-corrected chi connectivity index (χ1v) is 6.13. The van der Waals surface area contributed by atoms with Crippen LogP contribution in [0.5, 0.6) is 0 Å². The van der Waals surface area contributed by atoms with Gasteiger partial charge in [-0.1, -0.05) is 6.92 Å². The van der Waals surface area contributed by atoms with Crippen molar-refractivity contribution in [3.63, 3.8) is 0 Å². The Hall–Kier alpha value is -1.36. The van der Waals surface area contributed by atoms with E-state index in [-0.39, 0.29) is 6.10 Å². The maximum Gasteiger partial charge on any atom is 0.131 e. The average Bonchev–Trinajstić information content (AvgIpc) is 2.25. The molecule has 96 valence electrons. The third kappa shape index (κ3) is 5.49. The molecule has 1 atom stereocenters. The monoisotopic (exact) mass is 238 g/mol. The Bertz CT molecular complexity index is 341. The fraction of sp³-hybridized carbons (Fsp3) is 0.667. The van der Waals surface area contributed by atoms with Gasteiger partial charge in [-0.25, -0.2) is 9.97 Å². The molecular formula is C12H22N4O. The van der Waals surface area contributed by atoms with E-state index in [0.717, 1.165) is 30.4 Å². The first kappa shape index (κ1) is 13.7. The van der Waals surface area contributed by atoms with E-state index in [2.05, 4.69) is 27.5 Å². The van der Waals surface area contributed by atoms with Crippen LogP contribution in [0.15, 0.2) is 6.07 Å². The SMILES string of the molecule is CCCNc1cc(NCCC(C)O)nc(C)n1. The summed E-state index contributed by atoms with van der Waals surface area (Å²) < 4.78 is 0. The summed E-state index contributed by atoms with van der Waals surface area (Å²) in [5.41, 5.74) is 0. The van der Waals surface area contributed by atoms with E-state index < -0.39 is 0 Å². The van der Waals surface area contributed by atoms with Crippen LogP contribution in [-0.2, 0) is 0 Å². The van der Waals surface area contributed by atoms with Gasteiger partial charge in [-0.3, -0.25) is 0 Å². The van der Waals surface area contributed by atoms with Crippen LogP contribution in [0, 0.1) is 6.92 Å².